The lowest BCUT2D eigenvalue weighted by atomic mass is 9.83. The number of benzene rings is 3. The number of ketones is 1. The summed E-state index contributed by atoms with van der Waals surface area (Å²) < 4.78 is 28.5. The molecule has 0 saturated heterocycles. The van der Waals surface area contributed by atoms with Crippen molar-refractivity contribution < 1.29 is 18.0 Å². The molecule has 2 aliphatic rings. The number of amides is 1. The van der Waals surface area contributed by atoms with Crippen LogP contribution in [0.2, 0.25) is 5.02 Å². The SMILES string of the molecule is O=C1CC(c2ccccc2)=NN=C1C(=O)NS(=O)(=O)C1=CC(c2ccc(Cl)cc2)c2ccccc2C1. The van der Waals surface area contributed by atoms with Gasteiger partial charge >= 0.3 is 0 Å². The number of hydrogen-bond acceptors (Lipinski definition) is 6. The molecule has 0 bridgehead atoms. The molecule has 180 valence electrons. The molecular weight excluding hydrogens is 498 g/mol. The van der Waals surface area contributed by atoms with Gasteiger partial charge in [0, 0.05) is 17.4 Å². The molecule has 0 aromatic heterocycles. The van der Waals surface area contributed by atoms with Crippen LogP contribution in [0.25, 0.3) is 0 Å². The summed E-state index contributed by atoms with van der Waals surface area (Å²) in [4.78, 5) is 25.4. The first-order valence-electron chi connectivity index (χ1n) is 11.2. The minimum absolute atomic E-state index is 0.0341. The van der Waals surface area contributed by atoms with Crippen molar-refractivity contribution in [2.75, 3.05) is 0 Å². The van der Waals surface area contributed by atoms with Crippen molar-refractivity contribution in [2.45, 2.75) is 18.8 Å². The van der Waals surface area contributed by atoms with Crippen LogP contribution in [0.5, 0.6) is 0 Å². The Labute approximate surface area is 213 Å². The summed E-state index contributed by atoms with van der Waals surface area (Å²) in [6.07, 6.45) is 1.59. The number of rotatable bonds is 5. The van der Waals surface area contributed by atoms with Gasteiger partial charge in [-0.15, -0.1) is 5.10 Å². The van der Waals surface area contributed by atoms with Gasteiger partial charge in [0.25, 0.3) is 15.9 Å². The first kappa shape index (κ1) is 23.8. The van der Waals surface area contributed by atoms with Crippen LogP contribution in [0.15, 0.2) is 100 Å². The monoisotopic (exact) mass is 517 g/mol. The standard InChI is InChI=1S/C27H20ClN3O4S/c28-20-12-10-17(11-13-20)23-15-21(14-19-8-4-5-9-22(19)23)36(34,35)31-27(33)26-25(32)16-24(29-30-26)18-6-2-1-3-7-18/h1-13,15,23H,14,16H2,(H,31,33). The lowest BCUT2D eigenvalue weighted by Crippen LogP contribution is -2.42. The molecule has 9 heteroatoms. The number of nitrogens with zero attached hydrogens (tertiary/aromatic N) is 2. The lowest BCUT2D eigenvalue weighted by molar-refractivity contribution is -0.116. The molecule has 0 spiro atoms. The van der Waals surface area contributed by atoms with Crippen LogP contribution < -0.4 is 4.72 Å². The van der Waals surface area contributed by atoms with Crippen LogP contribution >= 0.6 is 11.6 Å². The van der Waals surface area contributed by atoms with E-state index in [1.165, 1.54) is 0 Å². The number of allylic oxidation sites excluding steroid dienone is 2. The van der Waals surface area contributed by atoms with E-state index in [0.29, 0.717) is 16.3 Å². The molecule has 0 fully saturated rings. The Morgan fingerprint density at radius 1 is 0.889 bits per heavy atom. The third-order valence-corrected chi connectivity index (χ3v) is 7.77. The summed E-state index contributed by atoms with van der Waals surface area (Å²) in [7, 11) is -4.26. The Balaban J connectivity index is 1.43. The van der Waals surface area contributed by atoms with Crippen molar-refractivity contribution in [3.63, 3.8) is 0 Å². The minimum atomic E-state index is -4.26. The van der Waals surface area contributed by atoms with Crippen LogP contribution in [0.1, 0.15) is 34.6 Å². The van der Waals surface area contributed by atoms with Gasteiger partial charge in [0.05, 0.1) is 17.0 Å². The second-order valence-corrected chi connectivity index (χ2v) is 10.6. The maximum Gasteiger partial charge on any atom is 0.289 e. The fourth-order valence-electron chi connectivity index (χ4n) is 4.29. The lowest BCUT2D eigenvalue weighted by Gasteiger charge is -2.25. The minimum Gasteiger partial charge on any atom is -0.292 e. The fourth-order valence-corrected chi connectivity index (χ4v) is 5.55. The van der Waals surface area contributed by atoms with Gasteiger partial charge in [0.2, 0.25) is 0 Å². The third-order valence-electron chi connectivity index (χ3n) is 6.09. The van der Waals surface area contributed by atoms with E-state index in [-0.39, 0.29) is 23.7 Å². The first-order valence-corrected chi connectivity index (χ1v) is 13.0. The highest BCUT2D eigenvalue weighted by Crippen LogP contribution is 2.36. The number of Topliss-reactive ketones (excluding diaryl/α,β-unsaturated/α-hetero) is 1. The van der Waals surface area contributed by atoms with Crippen LogP contribution in [0, 0.1) is 0 Å². The summed E-state index contributed by atoms with van der Waals surface area (Å²) in [5.74, 6) is -2.04. The van der Waals surface area contributed by atoms with Crippen LogP contribution in [0.3, 0.4) is 0 Å². The predicted molar refractivity (Wildman–Crippen MR) is 139 cm³/mol. The van der Waals surface area contributed by atoms with E-state index in [4.69, 9.17) is 11.6 Å². The van der Waals surface area contributed by atoms with Crippen molar-refractivity contribution in [2.24, 2.45) is 10.2 Å². The number of nitrogens with one attached hydrogen (secondary N) is 1. The maximum absolute atomic E-state index is 13.2. The van der Waals surface area contributed by atoms with Crippen molar-refractivity contribution in [1.29, 1.82) is 0 Å². The second kappa shape index (κ2) is 9.64. The Bertz CT molecular complexity index is 1560. The molecule has 7 nitrogen and oxygen atoms in total. The number of hydrogen-bond donors (Lipinski definition) is 1. The van der Waals surface area contributed by atoms with Gasteiger partial charge in [-0.05, 0) is 34.4 Å². The number of carbonyl (C=O) groups excluding carboxylic acids is 2. The van der Waals surface area contributed by atoms with Gasteiger partial charge in [-0.1, -0.05) is 84.4 Å². The molecule has 1 heterocycles. The molecule has 1 aliphatic heterocycles. The average molecular weight is 518 g/mol. The Morgan fingerprint density at radius 2 is 1.58 bits per heavy atom. The zero-order chi connectivity index (χ0) is 25.3. The third kappa shape index (κ3) is 4.78. The fraction of sp³-hybridized carbons (Fsp3) is 0.111. The Morgan fingerprint density at radius 3 is 2.31 bits per heavy atom. The molecule has 1 N–H and O–H groups in total. The maximum atomic E-state index is 13.2. The molecule has 0 radical (unpaired) electrons. The smallest absolute Gasteiger partial charge is 0.289 e. The summed E-state index contributed by atoms with van der Waals surface area (Å²) in [6, 6.07) is 23.7. The predicted octanol–water partition coefficient (Wildman–Crippen LogP) is 4.18. The average Bonchev–Trinajstić information content (AvgIpc) is 2.88. The first-order chi connectivity index (χ1) is 17.3. The van der Waals surface area contributed by atoms with E-state index in [0.717, 1.165) is 16.7 Å². The summed E-state index contributed by atoms with van der Waals surface area (Å²) >= 11 is 6.03. The molecule has 36 heavy (non-hydrogen) atoms. The molecule has 3 aromatic carbocycles. The van der Waals surface area contributed by atoms with Gasteiger partial charge in [-0.25, -0.2) is 13.1 Å². The van der Waals surface area contributed by atoms with Gasteiger partial charge in [-0.3, -0.25) is 9.59 Å². The molecule has 1 unspecified atom stereocenters. The van der Waals surface area contributed by atoms with Crippen molar-refractivity contribution in [3.05, 3.63) is 117 Å². The molecule has 5 rings (SSSR count). The van der Waals surface area contributed by atoms with Crippen LogP contribution in [0.4, 0.5) is 0 Å². The van der Waals surface area contributed by atoms with E-state index in [2.05, 4.69) is 10.2 Å². The van der Waals surface area contributed by atoms with Crippen LogP contribution in [-0.4, -0.2) is 31.5 Å². The van der Waals surface area contributed by atoms with Gasteiger partial charge in [0.1, 0.15) is 0 Å². The molecule has 1 amide bonds. The largest absolute Gasteiger partial charge is 0.292 e. The Kier molecular flexibility index (Phi) is 6.38. The van der Waals surface area contributed by atoms with Gasteiger partial charge < -0.3 is 0 Å². The van der Waals surface area contributed by atoms with E-state index < -0.39 is 27.4 Å². The zero-order valence-corrected chi connectivity index (χ0v) is 20.5. The highest BCUT2D eigenvalue weighted by atomic mass is 35.5. The quantitative estimate of drug-likeness (QED) is 0.548. The van der Waals surface area contributed by atoms with E-state index in [1.54, 1.807) is 42.5 Å². The molecule has 1 atom stereocenters. The number of halogens is 1. The summed E-state index contributed by atoms with van der Waals surface area (Å²) in [5.41, 5.74) is 3.25. The molecular formula is C27H20ClN3O4S. The molecule has 3 aromatic rings. The Hall–Kier alpha value is -3.88. The van der Waals surface area contributed by atoms with Crippen molar-refractivity contribution in [1.82, 2.24) is 4.72 Å². The summed E-state index contributed by atoms with van der Waals surface area (Å²) in [5, 5.41) is 8.31. The second-order valence-electron chi connectivity index (χ2n) is 8.43. The van der Waals surface area contributed by atoms with E-state index in [9.17, 15) is 18.0 Å². The highest BCUT2D eigenvalue weighted by molar-refractivity contribution is 7.94. The zero-order valence-electron chi connectivity index (χ0n) is 18.9. The van der Waals surface area contributed by atoms with Gasteiger partial charge in [-0.2, -0.15) is 5.10 Å². The summed E-state index contributed by atoms with van der Waals surface area (Å²) in [6.45, 7) is 0. The van der Waals surface area contributed by atoms with Gasteiger partial charge in [0.15, 0.2) is 11.5 Å². The van der Waals surface area contributed by atoms with Crippen LogP contribution in [-0.2, 0) is 26.0 Å². The van der Waals surface area contributed by atoms with E-state index >= 15 is 0 Å². The van der Waals surface area contributed by atoms with E-state index in [1.807, 2.05) is 47.2 Å². The van der Waals surface area contributed by atoms with Crippen molar-refractivity contribution >= 4 is 44.7 Å². The number of fused-ring (bicyclic) bond motifs is 1. The van der Waals surface area contributed by atoms with Crippen molar-refractivity contribution in [3.8, 4) is 0 Å². The molecule has 1 aliphatic carbocycles. The topological polar surface area (TPSA) is 105 Å². The number of carbonyl (C=O) groups is 2. The number of sulfonamides is 1. The highest BCUT2D eigenvalue weighted by Gasteiger charge is 2.33. The molecule has 0 saturated carbocycles. The normalized spacial score (nSPS) is 17.4.